The number of nitrogens with zero attached hydrogens (tertiary/aromatic N) is 1. The molecule has 2 atom stereocenters. The molecule has 0 spiro atoms. The number of rotatable bonds is 7. The summed E-state index contributed by atoms with van der Waals surface area (Å²) in [6, 6.07) is 13.3. The molecule has 0 saturated heterocycles. The van der Waals surface area contributed by atoms with Crippen molar-refractivity contribution in [3.05, 3.63) is 69.7 Å². The van der Waals surface area contributed by atoms with Gasteiger partial charge in [0.2, 0.25) is 5.91 Å². The van der Waals surface area contributed by atoms with Gasteiger partial charge in [0, 0.05) is 22.2 Å². The van der Waals surface area contributed by atoms with Gasteiger partial charge in [0.1, 0.15) is 6.04 Å². The van der Waals surface area contributed by atoms with Crippen LogP contribution < -0.4 is 10.6 Å². The van der Waals surface area contributed by atoms with Crippen LogP contribution >= 0.6 is 23.2 Å². The number of benzene rings is 2. The molecule has 0 aromatic heterocycles. The van der Waals surface area contributed by atoms with Crippen LogP contribution in [0.3, 0.4) is 0 Å². The van der Waals surface area contributed by atoms with Crippen LogP contribution in [-0.4, -0.2) is 43.4 Å². The fourth-order valence-corrected chi connectivity index (χ4v) is 3.00. The van der Waals surface area contributed by atoms with Gasteiger partial charge in [0.25, 0.3) is 5.91 Å². The molecule has 0 aliphatic heterocycles. The van der Waals surface area contributed by atoms with Gasteiger partial charge in [-0.15, -0.1) is 0 Å². The monoisotopic (exact) mass is 407 g/mol. The lowest BCUT2D eigenvalue weighted by atomic mass is 10.1. The summed E-state index contributed by atoms with van der Waals surface area (Å²) in [7, 11) is 3.85. The van der Waals surface area contributed by atoms with Crippen LogP contribution in [0.4, 0.5) is 0 Å². The number of hydrogen-bond acceptors (Lipinski definition) is 3. The first-order valence-electron chi connectivity index (χ1n) is 8.54. The van der Waals surface area contributed by atoms with E-state index in [1.165, 1.54) is 0 Å². The van der Waals surface area contributed by atoms with Gasteiger partial charge >= 0.3 is 0 Å². The Morgan fingerprint density at radius 3 is 2.26 bits per heavy atom. The number of likely N-dealkylation sites (N-methyl/N-ethyl adjacent to an activating group) is 1. The average Bonchev–Trinajstić information content (AvgIpc) is 2.63. The Labute approximate surface area is 169 Å². The molecule has 0 saturated carbocycles. The largest absolute Gasteiger partial charge is 0.352 e. The summed E-state index contributed by atoms with van der Waals surface area (Å²) in [4.78, 5) is 26.6. The lowest BCUT2D eigenvalue weighted by Gasteiger charge is -2.26. The zero-order valence-electron chi connectivity index (χ0n) is 15.5. The number of halogens is 2. The van der Waals surface area contributed by atoms with E-state index in [0.29, 0.717) is 22.2 Å². The van der Waals surface area contributed by atoms with Crippen molar-refractivity contribution in [1.29, 1.82) is 0 Å². The van der Waals surface area contributed by atoms with Gasteiger partial charge in [-0.05, 0) is 56.9 Å². The van der Waals surface area contributed by atoms with Crippen molar-refractivity contribution in [3.8, 4) is 0 Å². The summed E-state index contributed by atoms with van der Waals surface area (Å²) >= 11 is 12.1. The Balaban J connectivity index is 1.95. The van der Waals surface area contributed by atoms with E-state index >= 15 is 0 Å². The smallest absolute Gasteiger partial charge is 0.251 e. The molecule has 2 rings (SSSR count). The van der Waals surface area contributed by atoms with Gasteiger partial charge in [-0.3, -0.25) is 9.59 Å². The molecule has 27 heavy (non-hydrogen) atoms. The van der Waals surface area contributed by atoms with Crippen LogP contribution in [-0.2, 0) is 4.79 Å². The van der Waals surface area contributed by atoms with Crippen LogP contribution in [0.1, 0.15) is 28.9 Å². The zero-order chi connectivity index (χ0) is 20.0. The third kappa shape index (κ3) is 5.96. The molecule has 2 amide bonds. The minimum atomic E-state index is -0.678. The summed E-state index contributed by atoms with van der Waals surface area (Å²) in [6.45, 7) is 2.01. The second kappa shape index (κ2) is 9.74. The molecular formula is C20H23Cl2N3O2. The first-order chi connectivity index (χ1) is 12.8. The molecule has 0 heterocycles. The average molecular weight is 408 g/mol. The number of carbonyl (C=O) groups excluding carboxylic acids is 2. The van der Waals surface area contributed by atoms with Gasteiger partial charge in [0.05, 0.1) is 6.04 Å². The van der Waals surface area contributed by atoms with E-state index in [9.17, 15) is 9.59 Å². The summed E-state index contributed by atoms with van der Waals surface area (Å²) in [5.41, 5.74) is 1.38. The van der Waals surface area contributed by atoms with Crippen molar-refractivity contribution in [1.82, 2.24) is 15.5 Å². The summed E-state index contributed by atoms with van der Waals surface area (Å²) in [6.07, 6.45) is 0. The fraction of sp³-hybridized carbons (Fsp3) is 0.300. The van der Waals surface area contributed by atoms with E-state index in [1.54, 1.807) is 31.2 Å². The van der Waals surface area contributed by atoms with Gasteiger partial charge in [-0.25, -0.2) is 0 Å². The second-order valence-electron chi connectivity index (χ2n) is 6.45. The zero-order valence-corrected chi connectivity index (χ0v) is 17.0. The maximum absolute atomic E-state index is 12.4. The molecule has 5 nitrogen and oxygen atoms in total. The Morgan fingerprint density at radius 1 is 1.04 bits per heavy atom. The molecule has 0 aliphatic rings. The number of carbonyl (C=O) groups is 2. The standard InChI is InChI=1S/C20H23Cl2N3O2/c1-13(24-20(27)14-8-10-15(21)11-9-14)19(26)23-12-18(25(2)3)16-6-4-5-7-17(16)22/h4-11,13,18H,12H2,1-3H3,(H,23,26)(H,24,27). The van der Waals surface area contributed by atoms with Gasteiger partial charge in [-0.2, -0.15) is 0 Å². The molecule has 2 unspecified atom stereocenters. The quantitative estimate of drug-likeness (QED) is 0.737. The van der Waals surface area contributed by atoms with E-state index in [1.807, 2.05) is 43.3 Å². The third-order valence-corrected chi connectivity index (χ3v) is 4.80. The van der Waals surface area contributed by atoms with Crippen molar-refractivity contribution in [2.24, 2.45) is 0 Å². The topological polar surface area (TPSA) is 61.4 Å². The SMILES string of the molecule is CC(NC(=O)c1ccc(Cl)cc1)C(=O)NCC(c1ccccc1Cl)N(C)C. The van der Waals surface area contributed by atoms with Crippen molar-refractivity contribution in [3.63, 3.8) is 0 Å². The van der Waals surface area contributed by atoms with Crippen molar-refractivity contribution < 1.29 is 9.59 Å². The maximum atomic E-state index is 12.4. The summed E-state index contributed by atoms with van der Waals surface area (Å²) in [5.74, 6) is -0.596. The Hall–Kier alpha value is -2.08. The molecule has 0 aliphatic carbocycles. The Kier molecular flexibility index (Phi) is 7.66. The highest BCUT2D eigenvalue weighted by atomic mass is 35.5. The fourth-order valence-electron chi connectivity index (χ4n) is 2.61. The highest BCUT2D eigenvalue weighted by Gasteiger charge is 2.21. The first kappa shape index (κ1) is 21.2. The lowest BCUT2D eigenvalue weighted by molar-refractivity contribution is -0.122. The third-order valence-electron chi connectivity index (χ3n) is 4.20. The molecule has 144 valence electrons. The number of hydrogen-bond donors (Lipinski definition) is 2. The molecule has 7 heteroatoms. The van der Waals surface area contributed by atoms with E-state index < -0.39 is 6.04 Å². The predicted octanol–water partition coefficient (Wildman–Crippen LogP) is 3.53. The van der Waals surface area contributed by atoms with Crippen LogP contribution in [0, 0.1) is 0 Å². The lowest BCUT2D eigenvalue weighted by Crippen LogP contribution is -2.46. The number of amides is 2. The number of nitrogens with one attached hydrogen (secondary N) is 2. The van der Waals surface area contributed by atoms with Crippen molar-refractivity contribution in [2.45, 2.75) is 19.0 Å². The van der Waals surface area contributed by atoms with Crippen LogP contribution in [0.2, 0.25) is 10.0 Å². The second-order valence-corrected chi connectivity index (χ2v) is 7.29. The molecule has 0 radical (unpaired) electrons. The van der Waals surface area contributed by atoms with E-state index in [-0.39, 0.29) is 17.9 Å². The molecule has 0 fully saturated rings. The Morgan fingerprint density at radius 2 is 1.67 bits per heavy atom. The molecule has 2 aromatic rings. The summed E-state index contributed by atoms with van der Waals surface area (Å²) < 4.78 is 0. The van der Waals surface area contributed by atoms with Gasteiger partial charge < -0.3 is 15.5 Å². The highest BCUT2D eigenvalue weighted by molar-refractivity contribution is 6.31. The molecule has 2 N–H and O–H groups in total. The minimum absolute atomic E-state index is 0.0817. The van der Waals surface area contributed by atoms with Crippen molar-refractivity contribution >= 4 is 35.0 Å². The van der Waals surface area contributed by atoms with E-state index in [2.05, 4.69) is 10.6 Å². The van der Waals surface area contributed by atoms with E-state index in [0.717, 1.165) is 5.56 Å². The first-order valence-corrected chi connectivity index (χ1v) is 9.30. The Bertz CT molecular complexity index is 794. The van der Waals surface area contributed by atoms with Crippen LogP contribution in [0.25, 0.3) is 0 Å². The predicted molar refractivity (Wildman–Crippen MR) is 109 cm³/mol. The van der Waals surface area contributed by atoms with Crippen molar-refractivity contribution in [2.75, 3.05) is 20.6 Å². The highest BCUT2D eigenvalue weighted by Crippen LogP contribution is 2.25. The molecule has 0 bridgehead atoms. The van der Waals surface area contributed by atoms with Crippen LogP contribution in [0.5, 0.6) is 0 Å². The molecular weight excluding hydrogens is 385 g/mol. The normalized spacial score (nSPS) is 13.1. The summed E-state index contributed by atoms with van der Waals surface area (Å²) in [5, 5.41) is 6.76. The minimum Gasteiger partial charge on any atom is -0.352 e. The van der Waals surface area contributed by atoms with Gasteiger partial charge in [0.15, 0.2) is 0 Å². The van der Waals surface area contributed by atoms with E-state index in [4.69, 9.17) is 23.2 Å². The molecule has 2 aromatic carbocycles. The van der Waals surface area contributed by atoms with Crippen LogP contribution in [0.15, 0.2) is 48.5 Å². The maximum Gasteiger partial charge on any atom is 0.251 e. The van der Waals surface area contributed by atoms with Gasteiger partial charge in [-0.1, -0.05) is 41.4 Å².